The number of nitrogens with one attached hydrogen (secondary N) is 2. The minimum atomic E-state index is -0.316. The van der Waals surface area contributed by atoms with Gasteiger partial charge < -0.3 is 20.0 Å². The van der Waals surface area contributed by atoms with E-state index >= 15 is 0 Å². The van der Waals surface area contributed by atoms with Gasteiger partial charge in [0.15, 0.2) is 5.76 Å². The van der Waals surface area contributed by atoms with Crippen LogP contribution in [-0.2, 0) is 4.79 Å². The van der Waals surface area contributed by atoms with Gasteiger partial charge in [0, 0.05) is 37.4 Å². The summed E-state index contributed by atoms with van der Waals surface area (Å²) in [6.07, 6.45) is 5.43. The summed E-state index contributed by atoms with van der Waals surface area (Å²) in [5.41, 5.74) is 1.96. The molecule has 2 heterocycles. The van der Waals surface area contributed by atoms with Gasteiger partial charge in [-0.05, 0) is 55.7 Å². The van der Waals surface area contributed by atoms with Crippen molar-refractivity contribution in [3.05, 3.63) is 48.4 Å². The van der Waals surface area contributed by atoms with Gasteiger partial charge in [0.1, 0.15) is 0 Å². The molecule has 2 amide bonds. The van der Waals surface area contributed by atoms with Gasteiger partial charge >= 0.3 is 0 Å². The van der Waals surface area contributed by atoms with Crippen LogP contribution in [0, 0.1) is 0 Å². The predicted molar refractivity (Wildman–Crippen MR) is 96.8 cm³/mol. The molecule has 1 aromatic heterocycles. The van der Waals surface area contributed by atoms with E-state index in [1.165, 1.54) is 31.2 Å². The van der Waals surface area contributed by atoms with Gasteiger partial charge in [0.25, 0.3) is 5.91 Å². The lowest BCUT2D eigenvalue weighted by molar-refractivity contribution is -0.116. The summed E-state index contributed by atoms with van der Waals surface area (Å²) in [6, 6.07) is 11.2. The van der Waals surface area contributed by atoms with Crippen LogP contribution in [0.4, 0.5) is 11.4 Å². The highest BCUT2D eigenvalue weighted by Crippen LogP contribution is 2.21. The quantitative estimate of drug-likeness (QED) is 0.847. The first-order chi connectivity index (χ1) is 12.2. The van der Waals surface area contributed by atoms with Gasteiger partial charge in [-0.25, -0.2) is 0 Å². The lowest BCUT2D eigenvalue weighted by Crippen LogP contribution is -2.29. The van der Waals surface area contributed by atoms with Crippen molar-refractivity contribution in [1.29, 1.82) is 0 Å². The molecule has 0 atom stereocenters. The average Bonchev–Trinajstić information content (AvgIpc) is 3.18. The van der Waals surface area contributed by atoms with E-state index in [9.17, 15) is 9.59 Å². The third-order valence-electron chi connectivity index (χ3n) is 4.25. The number of benzene rings is 1. The summed E-state index contributed by atoms with van der Waals surface area (Å²) in [4.78, 5) is 26.0. The third-order valence-corrected chi connectivity index (χ3v) is 4.25. The summed E-state index contributed by atoms with van der Waals surface area (Å²) in [5, 5.41) is 5.50. The second-order valence-electron chi connectivity index (χ2n) is 6.13. The number of rotatable bonds is 6. The number of anilines is 2. The highest BCUT2D eigenvalue weighted by molar-refractivity contribution is 5.93. The summed E-state index contributed by atoms with van der Waals surface area (Å²) >= 11 is 0. The van der Waals surface area contributed by atoms with Crippen LogP contribution in [0.1, 0.15) is 36.2 Å². The molecule has 1 aliphatic heterocycles. The number of carbonyl (C=O) groups is 2. The Balaban J connectivity index is 1.42. The van der Waals surface area contributed by atoms with Gasteiger partial charge in [-0.15, -0.1) is 0 Å². The smallest absolute Gasteiger partial charge is 0.286 e. The molecule has 25 heavy (non-hydrogen) atoms. The fraction of sp³-hybridized carbons (Fsp3) is 0.368. The zero-order valence-corrected chi connectivity index (χ0v) is 14.2. The summed E-state index contributed by atoms with van der Waals surface area (Å²) in [6.45, 7) is 2.46. The van der Waals surface area contributed by atoms with E-state index < -0.39 is 0 Å². The topological polar surface area (TPSA) is 74.6 Å². The lowest BCUT2D eigenvalue weighted by atomic mass is 10.1. The van der Waals surface area contributed by atoms with E-state index in [0.29, 0.717) is 0 Å². The maximum Gasteiger partial charge on any atom is 0.286 e. The van der Waals surface area contributed by atoms with Crippen LogP contribution in [0.3, 0.4) is 0 Å². The van der Waals surface area contributed by atoms with Gasteiger partial charge in [0.05, 0.1) is 6.26 Å². The largest absolute Gasteiger partial charge is 0.459 e. The molecule has 0 saturated carbocycles. The molecular formula is C19H23N3O3. The van der Waals surface area contributed by atoms with E-state index in [1.54, 1.807) is 12.1 Å². The molecule has 0 radical (unpaired) electrons. The Morgan fingerprint density at radius 2 is 1.80 bits per heavy atom. The number of amides is 2. The lowest BCUT2D eigenvalue weighted by Gasteiger charge is -2.28. The molecule has 1 saturated heterocycles. The van der Waals surface area contributed by atoms with Crippen molar-refractivity contribution in [2.24, 2.45) is 0 Å². The van der Waals surface area contributed by atoms with Crippen LogP contribution < -0.4 is 15.5 Å². The van der Waals surface area contributed by atoms with Crippen molar-refractivity contribution < 1.29 is 14.0 Å². The Morgan fingerprint density at radius 1 is 1.04 bits per heavy atom. The molecule has 0 spiro atoms. The summed E-state index contributed by atoms with van der Waals surface area (Å²) < 4.78 is 4.99. The van der Waals surface area contributed by atoms with E-state index in [1.807, 2.05) is 24.3 Å². The van der Waals surface area contributed by atoms with Gasteiger partial charge in [0.2, 0.25) is 5.91 Å². The van der Waals surface area contributed by atoms with Crippen LogP contribution in [0.15, 0.2) is 47.1 Å². The summed E-state index contributed by atoms with van der Waals surface area (Å²) in [5.74, 6) is -0.206. The zero-order valence-electron chi connectivity index (χ0n) is 14.2. The highest BCUT2D eigenvalue weighted by atomic mass is 16.3. The molecule has 0 aliphatic carbocycles. The second kappa shape index (κ2) is 8.37. The van der Waals surface area contributed by atoms with E-state index in [0.717, 1.165) is 18.8 Å². The molecule has 3 rings (SSSR count). The number of hydrogen-bond donors (Lipinski definition) is 2. The Kier molecular flexibility index (Phi) is 5.72. The minimum Gasteiger partial charge on any atom is -0.459 e. The molecule has 6 heteroatoms. The fourth-order valence-corrected chi connectivity index (χ4v) is 2.92. The Bertz CT molecular complexity index is 689. The first-order valence-corrected chi connectivity index (χ1v) is 8.69. The van der Waals surface area contributed by atoms with E-state index in [4.69, 9.17) is 4.42 Å². The predicted octanol–water partition coefficient (Wildman–Crippen LogP) is 3.03. The molecule has 2 N–H and O–H groups in total. The van der Waals surface area contributed by atoms with Crippen molar-refractivity contribution in [3.63, 3.8) is 0 Å². The SMILES string of the molecule is O=C(CCNC(=O)c1ccco1)Nc1ccc(N2CCCCC2)cc1. The first-order valence-electron chi connectivity index (χ1n) is 8.69. The molecular weight excluding hydrogens is 318 g/mol. The monoisotopic (exact) mass is 341 g/mol. The number of piperidine rings is 1. The Morgan fingerprint density at radius 3 is 2.48 bits per heavy atom. The summed E-state index contributed by atoms with van der Waals surface area (Å²) in [7, 11) is 0. The minimum absolute atomic E-state index is 0.134. The number of nitrogens with zero attached hydrogens (tertiary/aromatic N) is 1. The Labute approximate surface area is 147 Å². The molecule has 6 nitrogen and oxygen atoms in total. The van der Waals surface area contributed by atoms with Crippen molar-refractivity contribution in [2.75, 3.05) is 29.9 Å². The van der Waals surface area contributed by atoms with Crippen LogP contribution in [0.2, 0.25) is 0 Å². The van der Waals surface area contributed by atoms with Crippen molar-refractivity contribution in [3.8, 4) is 0 Å². The molecule has 1 fully saturated rings. The maximum absolute atomic E-state index is 12.0. The molecule has 0 unspecified atom stereocenters. The fourth-order valence-electron chi connectivity index (χ4n) is 2.92. The standard InChI is InChI=1S/C19H23N3O3/c23-18(10-11-20-19(24)17-5-4-14-25-17)21-15-6-8-16(9-7-15)22-12-2-1-3-13-22/h4-9,14H,1-3,10-13H2,(H,20,24)(H,21,23). The molecule has 1 aromatic carbocycles. The van der Waals surface area contributed by atoms with Crippen molar-refractivity contribution >= 4 is 23.2 Å². The molecule has 2 aromatic rings. The van der Waals surface area contributed by atoms with Crippen LogP contribution in [0.5, 0.6) is 0 Å². The maximum atomic E-state index is 12.0. The van der Waals surface area contributed by atoms with Crippen LogP contribution in [0.25, 0.3) is 0 Å². The average molecular weight is 341 g/mol. The zero-order chi connectivity index (χ0) is 17.5. The van der Waals surface area contributed by atoms with Gasteiger partial charge in [-0.3, -0.25) is 9.59 Å². The molecule has 132 valence electrons. The third kappa shape index (κ3) is 4.86. The van der Waals surface area contributed by atoms with E-state index in [2.05, 4.69) is 15.5 Å². The molecule has 0 bridgehead atoms. The number of furan rings is 1. The van der Waals surface area contributed by atoms with E-state index in [-0.39, 0.29) is 30.5 Å². The normalized spacial score (nSPS) is 14.2. The Hall–Kier alpha value is -2.76. The van der Waals surface area contributed by atoms with Crippen LogP contribution >= 0.6 is 0 Å². The second-order valence-corrected chi connectivity index (χ2v) is 6.13. The van der Waals surface area contributed by atoms with Crippen molar-refractivity contribution in [1.82, 2.24) is 5.32 Å². The number of carbonyl (C=O) groups excluding carboxylic acids is 2. The van der Waals surface area contributed by atoms with Crippen molar-refractivity contribution in [2.45, 2.75) is 25.7 Å². The van der Waals surface area contributed by atoms with Crippen LogP contribution in [-0.4, -0.2) is 31.4 Å². The highest BCUT2D eigenvalue weighted by Gasteiger charge is 2.11. The molecule has 1 aliphatic rings. The number of hydrogen-bond acceptors (Lipinski definition) is 4. The van der Waals surface area contributed by atoms with Gasteiger partial charge in [-0.1, -0.05) is 0 Å². The van der Waals surface area contributed by atoms with Gasteiger partial charge in [-0.2, -0.15) is 0 Å². The first kappa shape index (κ1) is 17.1.